The van der Waals surface area contributed by atoms with E-state index in [-0.39, 0.29) is 36.4 Å². The molecule has 1 heterocycles. The normalized spacial score (nSPS) is 10.8. The lowest BCUT2D eigenvalue weighted by Gasteiger charge is -2.11. The van der Waals surface area contributed by atoms with Crippen LogP contribution in [0.25, 0.3) is 6.08 Å². The van der Waals surface area contributed by atoms with Gasteiger partial charge in [-0.15, -0.1) is 0 Å². The highest BCUT2D eigenvalue weighted by Crippen LogP contribution is 2.18. The molecule has 0 aliphatic heterocycles. The van der Waals surface area contributed by atoms with Crippen molar-refractivity contribution in [2.75, 3.05) is 18.5 Å². The summed E-state index contributed by atoms with van der Waals surface area (Å²) in [6.45, 7) is 7.70. The topological polar surface area (TPSA) is 94.6 Å². The summed E-state index contributed by atoms with van der Waals surface area (Å²) in [6, 6.07) is 1.51. The van der Waals surface area contributed by atoms with Crippen LogP contribution in [-0.2, 0) is 19.1 Å². The molecule has 0 aliphatic carbocycles. The van der Waals surface area contributed by atoms with Gasteiger partial charge in [0.15, 0.2) is 0 Å². The van der Waals surface area contributed by atoms with Crippen LogP contribution in [0.4, 0.5) is 5.82 Å². The molecular formula is C18H24N2O5. The van der Waals surface area contributed by atoms with Crippen LogP contribution in [0.5, 0.6) is 0 Å². The van der Waals surface area contributed by atoms with Gasteiger partial charge in [-0.05, 0) is 37.5 Å². The van der Waals surface area contributed by atoms with Crippen LogP contribution in [0, 0.1) is 5.92 Å². The molecule has 0 bridgehead atoms. The van der Waals surface area contributed by atoms with Crippen LogP contribution in [0.3, 0.4) is 0 Å². The van der Waals surface area contributed by atoms with E-state index in [1.807, 2.05) is 13.8 Å². The van der Waals surface area contributed by atoms with Crippen LogP contribution < -0.4 is 5.32 Å². The molecule has 0 saturated carbocycles. The van der Waals surface area contributed by atoms with Gasteiger partial charge in [0.1, 0.15) is 11.4 Å². The first-order chi connectivity index (χ1) is 11.9. The Kier molecular flexibility index (Phi) is 8.32. The lowest BCUT2D eigenvalue weighted by Crippen LogP contribution is -2.18. The molecule has 0 unspecified atom stereocenters. The smallest absolute Gasteiger partial charge is 0.341 e. The molecule has 136 valence electrons. The summed E-state index contributed by atoms with van der Waals surface area (Å²) in [7, 11) is 0. The highest BCUT2D eigenvalue weighted by Gasteiger charge is 2.17. The van der Waals surface area contributed by atoms with Gasteiger partial charge in [0, 0.05) is 18.7 Å². The van der Waals surface area contributed by atoms with Crippen LogP contribution in [0.2, 0.25) is 0 Å². The fraction of sp³-hybridized carbons (Fsp3) is 0.444. The second kappa shape index (κ2) is 10.2. The number of hydrogen-bond acceptors (Lipinski definition) is 6. The molecule has 7 nitrogen and oxygen atoms in total. The highest BCUT2D eigenvalue weighted by atomic mass is 16.5. The summed E-state index contributed by atoms with van der Waals surface area (Å²) in [5, 5.41) is 2.63. The number of carbonyl (C=O) groups excluding carboxylic acids is 3. The van der Waals surface area contributed by atoms with Crippen LogP contribution in [0.15, 0.2) is 18.3 Å². The van der Waals surface area contributed by atoms with Crippen molar-refractivity contribution < 1.29 is 23.9 Å². The Hall–Kier alpha value is -2.70. The number of nitrogens with one attached hydrogen (secondary N) is 1. The number of hydrogen-bond donors (Lipinski definition) is 1. The first-order valence-electron chi connectivity index (χ1n) is 8.19. The number of aromatic nitrogens is 1. The molecule has 1 amide bonds. The zero-order chi connectivity index (χ0) is 18.8. The maximum Gasteiger partial charge on any atom is 0.341 e. The molecule has 0 radical (unpaired) electrons. The third kappa shape index (κ3) is 7.15. The van der Waals surface area contributed by atoms with Crippen molar-refractivity contribution in [1.29, 1.82) is 0 Å². The van der Waals surface area contributed by atoms with Crippen molar-refractivity contribution in [1.82, 2.24) is 4.98 Å². The fourth-order valence-corrected chi connectivity index (χ4v) is 1.94. The van der Waals surface area contributed by atoms with Crippen molar-refractivity contribution in [3.8, 4) is 0 Å². The average molecular weight is 348 g/mol. The molecule has 25 heavy (non-hydrogen) atoms. The molecule has 0 aliphatic rings. The minimum Gasteiger partial charge on any atom is -0.463 e. The fourth-order valence-electron chi connectivity index (χ4n) is 1.94. The monoisotopic (exact) mass is 348 g/mol. The summed E-state index contributed by atoms with van der Waals surface area (Å²) in [4.78, 5) is 39.6. The van der Waals surface area contributed by atoms with E-state index in [1.165, 1.54) is 24.4 Å². The SMILES string of the molecule is CCOC(=O)/C=C/c1cnc(NC(=O)CC(C)C)c(C(=O)OCC)c1. The average Bonchev–Trinajstić information content (AvgIpc) is 2.53. The second-order valence-corrected chi connectivity index (χ2v) is 5.62. The molecule has 0 saturated heterocycles. The molecule has 0 spiro atoms. The van der Waals surface area contributed by atoms with E-state index >= 15 is 0 Å². The summed E-state index contributed by atoms with van der Waals surface area (Å²) >= 11 is 0. The Morgan fingerprint density at radius 2 is 1.88 bits per heavy atom. The minimum absolute atomic E-state index is 0.130. The lowest BCUT2D eigenvalue weighted by atomic mass is 10.1. The minimum atomic E-state index is -0.596. The Morgan fingerprint density at radius 3 is 2.48 bits per heavy atom. The molecule has 1 aromatic rings. The van der Waals surface area contributed by atoms with Gasteiger partial charge in [-0.25, -0.2) is 14.6 Å². The Labute approximate surface area is 147 Å². The van der Waals surface area contributed by atoms with Gasteiger partial charge in [-0.2, -0.15) is 0 Å². The Bertz CT molecular complexity index is 653. The predicted molar refractivity (Wildman–Crippen MR) is 93.9 cm³/mol. The predicted octanol–water partition coefficient (Wildman–Crippen LogP) is 2.82. The second-order valence-electron chi connectivity index (χ2n) is 5.62. The maximum absolute atomic E-state index is 12.1. The third-order valence-corrected chi connectivity index (χ3v) is 2.95. The van der Waals surface area contributed by atoms with Gasteiger partial charge in [-0.3, -0.25) is 4.79 Å². The van der Waals surface area contributed by atoms with E-state index in [9.17, 15) is 14.4 Å². The van der Waals surface area contributed by atoms with Crippen molar-refractivity contribution >= 4 is 29.7 Å². The molecule has 7 heteroatoms. The third-order valence-electron chi connectivity index (χ3n) is 2.95. The van der Waals surface area contributed by atoms with Gasteiger partial charge in [0.2, 0.25) is 5.91 Å². The van der Waals surface area contributed by atoms with Crippen molar-refractivity contribution in [3.63, 3.8) is 0 Å². The van der Waals surface area contributed by atoms with Crippen LogP contribution >= 0.6 is 0 Å². The number of pyridine rings is 1. The van der Waals surface area contributed by atoms with Gasteiger partial charge in [0.25, 0.3) is 0 Å². The van der Waals surface area contributed by atoms with E-state index in [2.05, 4.69) is 10.3 Å². The van der Waals surface area contributed by atoms with Gasteiger partial charge in [0.05, 0.1) is 13.2 Å². The van der Waals surface area contributed by atoms with Crippen LogP contribution in [0.1, 0.15) is 50.0 Å². The quantitative estimate of drug-likeness (QED) is 0.573. The first kappa shape index (κ1) is 20.3. The number of anilines is 1. The number of amides is 1. The molecule has 0 fully saturated rings. The number of rotatable bonds is 8. The van der Waals surface area contributed by atoms with Crippen LogP contribution in [-0.4, -0.2) is 36.0 Å². The van der Waals surface area contributed by atoms with Crippen molar-refractivity contribution in [2.45, 2.75) is 34.1 Å². The van der Waals surface area contributed by atoms with E-state index in [4.69, 9.17) is 9.47 Å². The molecule has 1 rings (SSSR count). The number of nitrogens with zero attached hydrogens (tertiary/aromatic N) is 1. The molecule has 0 aromatic carbocycles. The van der Waals surface area contributed by atoms with Crippen molar-refractivity contribution in [2.24, 2.45) is 5.92 Å². The Balaban J connectivity index is 3.06. The first-order valence-corrected chi connectivity index (χ1v) is 8.19. The highest BCUT2D eigenvalue weighted by molar-refractivity contribution is 6.00. The molecule has 1 N–H and O–H groups in total. The lowest BCUT2D eigenvalue weighted by molar-refractivity contribution is -0.137. The molecular weight excluding hydrogens is 324 g/mol. The standard InChI is InChI=1S/C18H24N2O5/c1-5-24-16(22)8-7-13-10-14(18(23)25-6-2)17(19-11-13)20-15(21)9-12(3)4/h7-8,10-12H,5-6,9H2,1-4H3,(H,19,20,21)/b8-7+. The van der Waals surface area contributed by atoms with Gasteiger partial charge >= 0.3 is 11.9 Å². The van der Waals surface area contributed by atoms with Gasteiger partial charge < -0.3 is 14.8 Å². The zero-order valence-corrected chi connectivity index (χ0v) is 15.0. The zero-order valence-electron chi connectivity index (χ0n) is 15.0. The number of ether oxygens (including phenoxy) is 2. The van der Waals surface area contributed by atoms with Crippen molar-refractivity contribution in [3.05, 3.63) is 29.5 Å². The summed E-state index contributed by atoms with van der Waals surface area (Å²) in [5.41, 5.74) is 0.642. The van der Waals surface area contributed by atoms with E-state index in [0.717, 1.165) is 0 Å². The number of esters is 2. The summed E-state index contributed by atoms with van der Waals surface area (Å²) in [5.74, 6) is -1.01. The summed E-state index contributed by atoms with van der Waals surface area (Å²) in [6.07, 6.45) is 4.48. The molecule has 1 aromatic heterocycles. The Morgan fingerprint density at radius 1 is 1.20 bits per heavy atom. The maximum atomic E-state index is 12.1. The number of carbonyl (C=O) groups is 3. The molecule has 0 atom stereocenters. The van der Waals surface area contributed by atoms with E-state index in [1.54, 1.807) is 13.8 Å². The van der Waals surface area contributed by atoms with E-state index < -0.39 is 11.9 Å². The summed E-state index contributed by atoms with van der Waals surface area (Å²) < 4.78 is 9.80. The largest absolute Gasteiger partial charge is 0.463 e. The van der Waals surface area contributed by atoms with E-state index in [0.29, 0.717) is 12.0 Å². The van der Waals surface area contributed by atoms with Gasteiger partial charge in [-0.1, -0.05) is 13.8 Å².